The Morgan fingerprint density at radius 3 is 2.94 bits per heavy atom. The molecule has 0 spiro atoms. The summed E-state index contributed by atoms with van der Waals surface area (Å²) < 4.78 is 0. The lowest BCUT2D eigenvalue weighted by Gasteiger charge is -2.28. The van der Waals surface area contributed by atoms with Gasteiger partial charge < -0.3 is 11.1 Å². The number of rotatable bonds is 2. The molecule has 1 aliphatic heterocycles. The Morgan fingerprint density at radius 2 is 2.22 bits per heavy atom. The number of carbonyl (C=O) groups is 2. The van der Waals surface area contributed by atoms with Crippen LogP contribution >= 0.6 is 11.6 Å². The number of pyridine rings is 1. The fourth-order valence-electron chi connectivity index (χ4n) is 1.78. The van der Waals surface area contributed by atoms with Gasteiger partial charge in [0.25, 0.3) is 5.91 Å². The number of nitrogens with one attached hydrogen (secondary N) is 1. The molecular formula is C11H13ClN4O2. The highest BCUT2D eigenvalue weighted by atomic mass is 35.5. The van der Waals surface area contributed by atoms with Crippen LogP contribution in [0.4, 0.5) is 11.5 Å². The maximum Gasteiger partial charge on any atom is 0.251 e. The summed E-state index contributed by atoms with van der Waals surface area (Å²) in [5.74, 6) is -0.0962. The number of amides is 2. The van der Waals surface area contributed by atoms with Gasteiger partial charge in [-0.2, -0.15) is 0 Å². The molecule has 2 heterocycles. The molecule has 3 N–H and O–H groups in total. The summed E-state index contributed by atoms with van der Waals surface area (Å²) in [6.45, 7) is 0. The van der Waals surface area contributed by atoms with Gasteiger partial charge >= 0.3 is 0 Å². The van der Waals surface area contributed by atoms with E-state index in [9.17, 15) is 9.59 Å². The number of hydrogen-bond donors (Lipinski definition) is 2. The molecule has 2 amide bonds. The number of likely N-dealkylation sites (N-methyl/N-ethyl adjacent to an activating group) is 1. The number of hydrogen-bond acceptors (Lipinski definition) is 5. The normalized spacial score (nSPS) is 20.1. The zero-order chi connectivity index (χ0) is 13.3. The fraction of sp³-hybridized carbons (Fsp3) is 0.364. The highest BCUT2D eigenvalue weighted by molar-refractivity contribution is 6.29. The summed E-state index contributed by atoms with van der Waals surface area (Å²) in [5, 5.41) is 3.22. The second kappa shape index (κ2) is 4.81. The van der Waals surface area contributed by atoms with Gasteiger partial charge in [-0.15, -0.1) is 0 Å². The van der Waals surface area contributed by atoms with E-state index in [1.165, 1.54) is 7.05 Å². The van der Waals surface area contributed by atoms with Crippen molar-refractivity contribution in [2.45, 2.75) is 18.9 Å². The smallest absolute Gasteiger partial charge is 0.251 e. The average Bonchev–Trinajstić information content (AvgIpc) is 2.34. The first kappa shape index (κ1) is 12.6. The van der Waals surface area contributed by atoms with Gasteiger partial charge in [-0.05, 0) is 18.6 Å². The lowest BCUT2D eigenvalue weighted by Crippen LogP contribution is -2.48. The molecule has 96 valence electrons. The number of carbonyl (C=O) groups excluding carboxylic acids is 2. The van der Waals surface area contributed by atoms with Gasteiger partial charge in [-0.25, -0.2) is 4.98 Å². The predicted octanol–water partition coefficient (Wildman–Crippen LogP) is 0.876. The second-order valence-corrected chi connectivity index (χ2v) is 4.49. The maximum atomic E-state index is 11.9. The van der Waals surface area contributed by atoms with Gasteiger partial charge in [0.1, 0.15) is 11.2 Å². The summed E-state index contributed by atoms with van der Waals surface area (Å²) in [4.78, 5) is 28.3. The number of nitrogen functional groups attached to an aromatic ring is 1. The van der Waals surface area contributed by atoms with E-state index in [-0.39, 0.29) is 11.8 Å². The Hall–Kier alpha value is -1.82. The van der Waals surface area contributed by atoms with Crippen molar-refractivity contribution in [2.75, 3.05) is 18.1 Å². The third-order valence-corrected chi connectivity index (χ3v) is 3.06. The molecule has 1 unspecified atom stereocenters. The van der Waals surface area contributed by atoms with E-state index in [1.807, 2.05) is 0 Å². The highest BCUT2D eigenvalue weighted by Gasteiger charge is 2.32. The van der Waals surface area contributed by atoms with Crippen molar-refractivity contribution >= 4 is 34.9 Å². The molecule has 1 aliphatic rings. The largest absolute Gasteiger partial charge is 0.396 e. The molecule has 0 aliphatic carbocycles. The van der Waals surface area contributed by atoms with E-state index in [2.05, 4.69) is 10.3 Å². The lowest BCUT2D eigenvalue weighted by molar-refractivity contribution is -0.146. The van der Waals surface area contributed by atoms with Crippen molar-refractivity contribution in [1.82, 2.24) is 9.88 Å². The van der Waals surface area contributed by atoms with Gasteiger partial charge in [0.05, 0.1) is 5.69 Å². The molecule has 0 aromatic carbocycles. The third-order valence-electron chi connectivity index (χ3n) is 2.85. The number of likely N-dealkylation sites (tertiary alicyclic amines) is 1. The van der Waals surface area contributed by atoms with Crippen molar-refractivity contribution in [3.63, 3.8) is 0 Å². The SMILES string of the molecule is CN1C(=O)CCC(Nc2nc(Cl)ccc2N)C1=O. The van der Waals surface area contributed by atoms with E-state index in [0.717, 1.165) is 4.90 Å². The van der Waals surface area contributed by atoms with E-state index < -0.39 is 6.04 Å². The summed E-state index contributed by atoms with van der Waals surface area (Å²) >= 11 is 5.77. The quantitative estimate of drug-likeness (QED) is 0.614. The Labute approximate surface area is 109 Å². The monoisotopic (exact) mass is 268 g/mol. The van der Waals surface area contributed by atoms with Gasteiger partial charge in [0.2, 0.25) is 5.91 Å². The van der Waals surface area contributed by atoms with Crippen LogP contribution < -0.4 is 11.1 Å². The topological polar surface area (TPSA) is 88.3 Å². The third kappa shape index (κ3) is 2.38. The Bertz CT molecular complexity index is 506. The first-order chi connectivity index (χ1) is 8.49. The molecule has 1 aromatic rings. The average molecular weight is 269 g/mol. The van der Waals surface area contributed by atoms with Crippen LogP contribution in [0.15, 0.2) is 12.1 Å². The van der Waals surface area contributed by atoms with Crippen molar-refractivity contribution in [3.05, 3.63) is 17.3 Å². The van der Waals surface area contributed by atoms with Crippen molar-refractivity contribution in [2.24, 2.45) is 0 Å². The van der Waals surface area contributed by atoms with Crippen LogP contribution in [-0.2, 0) is 9.59 Å². The van der Waals surface area contributed by atoms with Crippen LogP contribution in [0, 0.1) is 0 Å². The Kier molecular flexibility index (Phi) is 3.38. The number of imide groups is 1. The summed E-state index contributed by atoms with van der Waals surface area (Å²) in [6, 6.07) is 2.68. The van der Waals surface area contributed by atoms with Crippen LogP contribution in [-0.4, -0.2) is 34.8 Å². The fourth-order valence-corrected chi connectivity index (χ4v) is 1.92. The number of piperidine rings is 1. The molecule has 1 aromatic heterocycles. The second-order valence-electron chi connectivity index (χ2n) is 4.10. The molecule has 1 atom stereocenters. The van der Waals surface area contributed by atoms with Gasteiger partial charge in [0.15, 0.2) is 5.82 Å². The van der Waals surface area contributed by atoms with Gasteiger partial charge in [0, 0.05) is 13.5 Å². The summed E-state index contributed by atoms with van der Waals surface area (Å²) in [5.41, 5.74) is 6.15. The van der Waals surface area contributed by atoms with E-state index in [1.54, 1.807) is 12.1 Å². The van der Waals surface area contributed by atoms with Crippen LogP contribution in [0.3, 0.4) is 0 Å². The molecule has 0 saturated carbocycles. The number of anilines is 2. The minimum atomic E-state index is -0.499. The van der Waals surface area contributed by atoms with Crippen LogP contribution in [0.2, 0.25) is 5.15 Å². The first-order valence-electron chi connectivity index (χ1n) is 5.48. The lowest BCUT2D eigenvalue weighted by atomic mass is 10.0. The molecule has 0 bridgehead atoms. The molecule has 1 fully saturated rings. The van der Waals surface area contributed by atoms with Gasteiger partial charge in [-0.3, -0.25) is 14.5 Å². The van der Waals surface area contributed by atoms with Gasteiger partial charge in [-0.1, -0.05) is 11.6 Å². The Morgan fingerprint density at radius 1 is 1.50 bits per heavy atom. The zero-order valence-electron chi connectivity index (χ0n) is 9.81. The van der Waals surface area contributed by atoms with Crippen LogP contribution in [0.25, 0.3) is 0 Å². The van der Waals surface area contributed by atoms with Crippen molar-refractivity contribution in [1.29, 1.82) is 0 Å². The number of aromatic nitrogens is 1. The number of nitrogens with zero attached hydrogens (tertiary/aromatic N) is 2. The number of nitrogens with two attached hydrogens (primary N) is 1. The van der Waals surface area contributed by atoms with Crippen molar-refractivity contribution < 1.29 is 9.59 Å². The predicted molar refractivity (Wildman–Crippen MR) is 68.1 cm³/mol. The molecule has 0 radical (unpaired) electrons. The van der Waals surface area contributed by atoms with E-state index in [0.29, 0.717) is 29.5 Å². The summed E-state index contributed by atoms with van der Waals surface area (Å²) in [7, 11) is 1.47. The minimum Gasteiger partial charge on any atom is -0.396 e. The molecule has 6 nitrogen and oxygen atoms in total. The zero-order valence-corrected chi connectivity index (χ0v) is 10.6. The molecular weight excluding hydrogens is 256 g/mol. The molecule has 18 heavy (non-hydrogen) atoms. The Balaban J connectivity index is 2.16. The number of halogens is 1. The molecule has 2 rings (SSSR count). The minimum absolute atomic E-state index is 0.176. The first-order valence-corrected chi connectivity index (χ1v) is 5.86. The van der Waals surface area contributed by atoms with E-state index >= 15 is 0 Å². The molecule has 1 saturated heterocycles. The van der Waals surface area contributed by atoms with E-state index in [4.69, 9.17) is 17.3 Å². The van der Waals surface area contributed by atoms with Crippen LogP contribution in [0.5, 0.6) is 0 Å². The molecule has 7 heteroatoms. The highest BCUT2D eigenvalue weighted by Crippen LogP contribution is 2.22. The standard InChI is InChI=1S/C11H13ClN4O2/c1-16-9(17)5-3-7(11(16)18)14-10-6(13)2-4-8(12)15-10/h2,4,7H,3,5,13H2,1H3,(H,14,15). The maximum absolute atomic E-state index is 11.9. The summed E-state index contributed by atoms with van der Waals surface area (Å²) in [6.07, 6.45) is 0.746. The van der Waals surface area contributed by atoms with Crippen LogP contribution in [0.1, 0.15) is 12.8 Å². The van der Waals surface area contributed by atoms with Crippen molar-refractivity contribution in [3.8, 4) is 0 Å².